The Morgan fingerprint density at radius 1 is 1.26 bits per heavy atom. The molecule has 1 aromatic heterocycles. The van der Waals surface area contributed by atoms with Crippen molar-refractivity contribution in [2.45, 2.75) is 18.9 Å². The number of halogens is 2. The van der Waals surface area contributed by atoms with Crippen LogP contribution in [0.2, 0.25) is 0 Å². The van der Waals surface area contributed by atoms with Crippen LogP contribution in [0.3, 0.4) is 0 Å². The summed E-state index contributed by atoms with van der Waals surface area (Å²) in [5.41, 5.74) is 0.682. The largest absolute Gasteiger partial charge is 0.493 e. The van der Waals surface area contributed by atoms with Crippen molar-refractivity contribution >= 4 is 32.7 Å². The number of likely N-dealkylation sites (tertiary alicyclic amines) is 1. The van der Waals surface area contributed by atoms with Crippen LogP contribution in [-0.4, -0.2) is 54.8 Å². The topological polar surface area (TPSA) is 59.5 Å². The van der Waals surface area contributed by atoms with E-state index in [2.05, 4.69) is 55.0 Å². The number of ether oxygens (including phenoxy) is 2. The van der Waals surface area contributed by atoms with Crippen molar-refractivity contribution in [3.63, 3.8) is 0 Å². The second kappa shape index (κ2) is 9.67. The molecule has 1 aromatic carbocycles. The molecule has 2 aliphatic rings. The molecular weight excluding hydrogens is 463 g/mol. The molecule has 0 radical (unpaired) electrons. The number of methoxy groups -OCH3 is 1. The fraction of sp³-hybridized carbons (Fsp3) is 0.391. The number of nitrogens with zero attached hydrogens (tertiary/aromatic N) is 3. The molecule has 1 saturated heterocycles. The zero-order chi connectivity index (χ0) is 21.8. The summed E-state index contributed by atoms with van der Waals surface area (Å²) < 4.78 is 26.8. The number of hydrogen-bond donors (Lipinski definition) is 1. The molecule has 1 aliphatic heterocycles. The summed E-state index contributed by atoms with van der Waals surface area (Å²) in [6.45, 7) is 2.82. The smallest absolute Gasteiger partial charge is 0.163 e. The van der Waals surface area contributed by atoms with Gasteiger partial charge in [-0.2, -0.15) is 0 Å². The molecule has 4 rings (SSSR count). The lowest BCUT2D eigenvalue weighted by Crippen LogP contribution is -2.32. The van der Waals surface area contributed by atoms with Gasteiger partial charge in [-0.15, -0.1) is 0 Å². The van der Waals surface area contributed by atoms with Gasteiger partial charge in [0.1, 0.15) is 24.0 Å². The predicted octanol–water partition coefficient (Wildman–Crippen LogP) is 4.29. The summed E-state index contributed by atoms with van der Waals surface area (Å²) in [5.74, 6) is 7.51. The maximum Gasteiger partial charge on any atom is 0.163 e. The van der Waals surface area contributed by atoms with Crippen molar-refractivity contribution in [2.75, 3.05) is 39.2 Å². The molecule has 0 saturated carbocycles. The van der Waals surface area contributed by atoms with Gasteiger partial charge in [-0.25, -0.2) is 14.4 Å². The van der Waals surface area contributed by atoms with Crippen LogP contribution < -0.4 is 14.8 Å². The van der Waals surface area contributed by atoms with Gasteiger partial charge in [0.05, 0.1) is 19.2 Å². The molecule has 8 heteroatoms. The zero-order valence-corrected chi connectivity index (χ0v) is 19.1. The van der Waals surface area contributed by atoms with E-state index in [0.29, 0.717) is 45.2 Å². The minimum atomic E-state index is -0.809. The van der Waals surface area contributed by atoms with Crippen LogP contribution in [-0.2, 0) is 0 Å². The molecule has 1 atom stereocenters. The van der Waals surface area contributed by atoms with Crippen LogP contribution >= 0.6 is 15.9 Å². The number of allylic oxidation sites excluding steroid dienone is 3. The number of anilines is 1. The summed E-state index contributed by atoms with van der Waals surface area (Å²) >= 11 is 3.26. The number of hydrogen-bond acceptors (Lipinski definition) is 6. The van der Waals surface area contributed by atoms with E-state index >= 15 is 0 Å². The van der Waals surface area contributed by atoms with Gasteiger partial charge in [0.25, 0.3) is 0 Å². The lowest BCUT2D eigenvalue weighted by molar-refractivity contribution is 0.157. The van der Waals surface area contributed by atoms with Crippen LogP contribution in [0, 0.1) is 17.8 Å². The number of fused-ring (bicyclic) bond motifs is 1. The number of piperidine rings is 1. The number of benzene rings is 1. The van der Waals surface area contributed by atoms with E-state index in [1.165, 1.54) is 12.4 Å². The third-order valence-corrected chi connectivity index (χ3v) is 5.96. The van der Waals surface area contributed by atoms with Crippen molar-refractivity contribution in [3.8, 4) is 23.3 Å². The molecule has 31 heavy (non-hydrogen) atoms. The summed E-state index contributed by atoms with van der Waals surface area (Å²) in [4.78, 5) is 11.0. The van der Waals surface area contributed by atoms with E-state index in [1.54, 1.807) is 13.2 Å². The summed E-state index contributed by atoms with van der Waals surface area (Å²) in [7, 11) is 3.75. The van der Waals surface area contributed by atoms with Gasteiger partial charge in [-0.05, 0) is 51.0 Å². The monoisotopic (exact) mass is 486 g/mol. The van der Waals surface area contributed by atoms with Crippen LogP contribution in [0.15, 0.2) is 40.9 Å². The highest BCUT2D eigenvalue weighted by atomic mass is 79.9. The van der Waals surface area contributed by atoms with Crippen molar-refractivity contribution in [1.29, 1.82) is 0 Å². The second-order valence-corrected chi connectivity index (χ2v) is 8.64. The summed E-state index contributed by atoms with van der Waals surface area (Å²) in [6, 6.07) is 2.86. The first-order chi connectivity index (χ1) is 15.0. The van der Waals surface area contributed by atoms with E-state index in [0.717, 1.165) is 25.9 Å². The molecule has 0 amide bonds. The van der Waals surface area contributed by atoms with E-state index in [1.807, 2.05) is 12.1 Å². The first-order valence-corrected chi connectivity index (χ1v) is 11.0. The summed E-state index contributed by atoms with van der Waals surface area (Å²) in [5, 5.41) is 3.78. The van der Waals surface area contributed by atoms with Gasteiger partial charge >= 0.3 is 0 Å². The quantitative estimate of drug-likeness (QED) is 0.614. The third-order valence-electron chi connectivity index (χ3n) is 5.50. The lowest BCUT2D eigenvalue weighted by Gasteiger charge is -2.28. The highest BCUT2D eigenvalue weighted by Gasteiger charge is 2.20. The van der Waals surface area contributed by atoms with Gasteiger partial charge < -0.3 is 19.7 Å². The Morgan fingerprint density at radius 2 is 2.06 bits per heavy atom. The Bertz CT molecular complexity index is 1080. The standard InChI is InChI=1S/C23H24BrFN4O2/c1-29-8-6-15(7-9-29)13-31-22-12-20-17(11-21(22)30-2)23(27-14-26-20)28-19-5-3-4-16(24)10-18(19)25/h4,10-12,14-15,19H,6-9,13H2,1-2H3,(H,26,27,28). The van der Waals surface area contributed by atoms with E-state index in [-0.39, 0.29) is 0 Å². The minimum Gasteiger partial charge on any atom is -0.493 e. The molecule has 1 N–H and O–H groups in total. The van der Waals surface area contributed by atoms with Crippen LogP contribution in [0.4, 0.5) is 10.2 Å². The minimum absolute atomic E-state index is 0.398. The Labute approximate surface area is 189 Å². The Hall–Kier alpha value is -2.63. The third kappa shape index (κ3) is 5.17. The van der Waals surface area contributed by atoms with Crippen LogP contribution in [0.5, 0.6) is 11.5 Å². The van der Waals surface area contributed by atoms with Crippen molar-refractivity contribution < 1.29 is 13.9 Å². The van der Waals surface area contributed by atoms with Crippen LogP contribution in [0.1, 0.15) is 12.8 Å². The fourth-order valence-electron chi connectivity index (χ4n) is 3.65. The molecular formula is C23H24BrFN4O2. The average Bonchev–Trinajstić information content (AvgIpc) is 2.92. The Kier molecular flexibility index (Phi) is 6.73. The average molecular weight is 487 g/mol. The molecule has 1 aliphatic carbocycles. The van der Waals surface area contributed by atoms with E-state index < -0.39 is 11.9 Å². The van der Waals surface area contributed by atoms with E-state index in [9.17, 15) is 4.39 Å². The SMILES string of the molecule is COc1cc2c(NC3C#CC=C(Br)C=C3F)ncnc2cc1OCC1CCN(C)CC1. The Morgan fingerprint density at radius 3 is 2.84 bits per heavy atom. The molecule has 0 bridgehead atoms. The van der Waals surface area contributed by atoms with Crippen LogP contribution in [0.25, 0.3) is 10.9 Å². The first-order valence-electron chi connectivity index (χ1n) is 10.2. The van der Waals surface area contributed by atoms with Gasteiger partial charge in [0.15, 0.2) is 11.5 Å². The highest BCUT2D eigenvalue weighted by Crippen LogP contribution is 2.35. The number of nitrogens with one attached hydrogen (secondary N) is 1. The first kappa shape index (κ1) is 21.6. The molecule has 2 aromatic rings. The maximum atomic E-state index is 14.5. The summed E-state index contributed by atoms with van der Waals surface area (Å²) in [6.07, 6.45) is 6.67. The molecule has 1 fully saturated rings. The highest BCUT2D eigenvalue weighted by molar-refractivity contribution is 9.11. The van der Waals surface area contributed by atoms with Crippen molar-refractivity contribution in [2.24, 2.45) is 5.92 Å². The Balaban J connectivity index is 1.56. The zero-order valence-electron chi connectivity index (χ0n) is 17.5. The number of rotatable bonds is 6. The normalized spacial score (nSPS) is 19.7. The van der Waals surface area contributed by atoms with Crippen molar-refractivity contribution in [3.05, 3.63) is 40.9 Å². The molecule has 6 nitrogen and oxygen atoms in total. The molecule has 2 heterocycles. The van der Waals surface area contributed by atoms with Crippen molar-refractivity contribution in [1.82, 2.24) is 14.9 Å². The van der Waals surface area contributed by atoms with Gasteiger partial charge in [0.2, 0.25) is 0 Å². The number of aromatic nitrogens is 2. The van der Waals surface area contributed by atoms with Gasteiger partial charge in [-0.1, -0.05) is 27.8 Å². The molecule has 1 unspecified atom stereocenters. The van der Waals surface area contributed by atoms with Gasteiger partial charge in [0, 0.05) is 22.0 Å². The fourth-order valence-corrected chi connectivity index (χ4v) is 3.98. The van der Waals surface area contributed by atoms with Gasteiger partial charge in [-0.3, -0.25) is 0 Å². The molecule has 0 spiro atoms. The van der Waals surface area contributed by atoms with E-state index in [4.69, 9.17) is 9.47 Å². The maximum absolute atomic E-state index is 14.5. The lowest BCUT2D eigenvalue weighted by atomic mass is 9.98. The second-order valence-electron chi connectivity index (χ2n) is 7.72. The predicted molar refractivity (Wildman–Crippen MR) is 123 cm³/mol. The molecule has 162 valence electrons.